The first-order chi connectivity index (χ1) is 5.16. The van der Waals surface area contributed by atoms with Crippen LogP contribution < -0.4 is 11.1 Å². The summed E-state index contributed by atoms with van der Waals surface area (Å²) in [7, 11) is 1.86. The quantitative estimate of drug-likeness (QED) is 0.706. The van der Waals surface area contributed by atoms with E-state index in [0.29, 0.717) is 0 Å². The summed E-state index contributed by atoms with van der Waals surface area (Å²) in [6, 6.07) is 3.93. The van der Waals surface area contributed by atoms with Gasteiger partial charge < -0.3 is 11.1 Å². The third-order valence-corrected chi connectivity index (χ3v) is 2.58. The SMILES string of the molecule is CNc1ccc(Br)c(C)c1N. The van der Waals surface area contributed by atoms with Crippen LogP contribution in [0.3, 0.4) is 0 Å². The molecule has 0 radical (unpaired) electrons. The lowest BCUT2D eigenvalue weighted by atomic mass is 10.2. The summed E-state index contributed by atoms with van der Waals surface area (Å²) in [6.07, 6.45) is 0. The zero-order valence-corrected chi connectivity index (χ0v) is 8.20. The summed E-state index contributed by atoms with van der Waals surface area (Å²) in [5.41, 5.74) is 8.67. The van der Waals surface area contributed by atoms with Crippen LogP contribution in [0.15, 0.2) is 16.6 Å². The first kappa shape index (κ1) is 8.40. The Hall–Kier alpha value is -0.700. The second-order valence-corrected chi connectivity index (χ2v) is 3.24. The normalized spacial score (nSPS) is 9.73. The summed E-state index contributed by atoms with van der Waals surface area (Å²) >= 11 is 3.40. The van der Waals surface area contributed by atoms with Gasteiger partial charge in [-0.05, 0) is 24.6 Å². The Morgan fingerprint density at radius 1 is 1.45 bits per heavy atom. The highest BCUT2D eigenvalue weighted by molar-refractivity contribution is 9.10. The lowest BCUT2D eigenvalue weighted by molar-refractivity contribution is 1.40. The van der Waals surface area contributed by atoms with Crippen LogP contribution in [0.5, 0.6) is 0 Å². The highest BCUT2D eigenvalue weighted by atomic mass is 79.9. The smallest absolute Gasteiger partial charge is 0.0590 e. The second kappa shape index (κ2) is 3.13. The van der Waals surface area contributed by atoms with E-state index in [1.165, 1.54) is 0 Å². The monoisotopic (exact) mass is 214 g/mol. The van der Waals surface area contributed by atoms with Crippen molar-refractivity contribution in [3.05, 3.63) is 22.2 Å². The average molecular weight is 215 g/mol. The molecule has 0 saturated carbocycles. The lowest BCUT2D eigenvalue weighted by Gasteiger charge is -2.08. The van der Waals surface area contributed by atoms with Crippen molar-refractivity contribution in [3.8, 4) is 0 Å². The van der Waals surface area contributed by atoms with Crippen LogP contribution in [0, 0.1) is 6.92 Å². The maximum Gasteiger partial charge on any atom is 0.0590 e. The minimum atomic E-state index is 0.807. The van der Waals surface area contributed by atoms with Crippen molar-refractivity contribution in [2.75, 3.05) is 18.1 Å². The number of rotatable bonds is 1. The maximum absolute atomic E-state index is 5.80. The Balaban J connectivity index is 3.25. The average Bonchev–Trinajstić information content (AvgIpc) is 2.01. The Labute approximate surface area is 74.9 Å². The van der Waals surface area contributed by atoms with Gasteiger partial charge in [0.05, 0.1) is 11.4 Å². The molecule has 0 heterocycles. The van der Waals surface area contributed by atoms with Crippen molar-refractivity contribution >= 4 is 27.3 Å². The molecule has 0 aliphatic heterocycles. The molecule has 0 fully saturated rings. The highest BCUT2D eigenvalue weighted by Crippen LogP contribution is 2.28. The molecule has 0 atom stereocenters. The molecular weight excluding hydrogens is 204 g/mol. The van der Waals surface area contributed by atoms with Gasteiger partial charge in [0.1, 0.15) is 0 Å². The zero-order valence-electron chi connectivity index (χ0n) is 6.61. The largest absolute Gasteiger partial charge is 0.397 e. The predicted octanol–water partition coefficient (Wildman–Crippen LogP) is 2.38. The number of hydrogen-bond acceptors (Lipinski definition) is 2. The number of benzene rings is 1. The number of nitrogens with two attached hydrogens (primary N) is 1. The molecule has 0 aliphatic carbocycles. The number of hydrogen-bond donors (Lipinski definition) is 2. The highest BCUT2D eigenvalue weighted by Gasteiger charge is 2.02. The first-order valence-corrected chi connectivity index (χ1v) is 4.18. The molecule has 0 saturated heterocycles. The minimum absolute atomic E-state index is 0.807. The second-order valence-electron chi connectivity index (χ2n) is 2.38. The summed E-state index contributed by atoms with van der Waals surface area (Å²) < 4.78 is 1.05. The molecule has 0 amide bonds. The fraction of sp³-hybridized carbons (Fsp3) is 0.250. The van der Waals surface area contributed by atoms with Gasteiger partial charge in [-0.2, -0.15) is 0 Å². The molecule has 0 aromatic heterocycles. The van der Waals surface area contributed by atoms with Gasteiger partial charge in [-0.15, -0.1) is 0 Å². The lowest BCUT2D eigenvalue weighted by Crippen LogP contribution is -1.97. The summed E-state index contributed by atoms with van der Waals surface area (Å²) in [5.74, 6) is 0. The van der Waals surface area contributed by atoms with Gasteiger partial charge >= 0.3 is 0 Å². The fourth-order valence-electron chi connectivity index (χ4n) is 0.920. The van der Waals surface area contributed by atoms with E-state index in [1.807, 2.05) is 26.1 Å². The topological polar surface area (TPSA) is 38.0 Å². The molecule has 0 aliphatic rings. The molecular formula is C8H11BrN2. The molecule has 11 heavy (non-hydrogen) atoms. The molecule has 2 nitrogen and oxygen atoms in total. The molecule has 0 bridgehead atoms. The van der Waals surface area contributed by atoms with Gasteiger partial charge in [-0.25, -0.2) is 0 Å². The number of nitrogens with one attached hydrogen (secondary N) is 1. The Morgan fingerprint density at radius 2 is 2.09 bits per heavy atom. The number of anilines is 2. The van der Waals surface area contributed by atoms with E-state index in [9.17, 15) is 0 Å². The number of halogens is 1. The molecule has 1 rings (SSSR count). The van der Waals surface area contributed by atoms with E-state index in [-0.39, 0.29) is 0 Å². The van der Waals surface area contributed by atoms with Crippen molar-refractivity contribution in [1.29, 1.82) is 0 Å². The maximum atomic E-state index is 5.80. The molecule has 1 aromatic carbocycles. The van der Waals surface area contributed by atoms with Gasteiger partial charge in [-0.1, -0.05) is 15.9 Å². The van der Waals surface area contributed by atoms with Crippen LogP contribution >= 0.6 is 15.9 Å². The Kier molecular flexibility index (Phi) is 2.39. The van der Waals surface area contributed by atoms with Gasteiger partial charge in [0, 0.05) is 11.5 Å². The van der Waals surface area contributed by atoms with E-state index in [2.05, 4.69) is 21.2 Å². The van der Waals surface area contributed by atoms with E-state index < -0.39 is 0 Å². The van der Waals surface area contributed by atoms with Crippen molar-refractivity contribution < 1.29 is 0 Å². The first-order valence-electron chi connectivity index (χ1n) is 3.39. The predicted molar refractivity (Wildman–Crippen MR) is 52.8 cm³/mol. The number of nitrogen functional groups attached to an aromatic ring is 1. The van der Waals surface area contributed by atoms with Crippen LogP contribution in [0.25, 0.3) is 0 Å². The van der Waals surface area contributed by atoms with E-state index >= 15 is 0 Å². The van der Waals surface area contributed by atoms with Crippen LogP contribution in [0.4, 0.5) is 11.4 Å². The summed E-state index contributed by atoms with van der Waals surface area (Å²) in [5, 5.41) is 3.02. The van der Waals surface area contributed by atoms with Gasteiger partial charge in [0.25, 0.3) is 0 Å². The zero-order chi connectivity index (χ0) is 8.43. The summed E-state index contributed by atoms with van der Waals surface area (Å²) in [6.45, 7) is 1.99. The third-order valence-electron chi connectivity index (χ3n) is 1.72. The van der Waals surface area contributed by atoms with Crippen LogP contribution in [-0.2, 0) is 0 Å². The van der Waals surface area contributed by atoms with E-state index in [1.54, 1.807) is 0 Å². The standard InChI is InChI=1S/C8H11BrN2/c1-5-6(9)3-4-7(11-2)8(5)10/h3-4,11H,10H2,1-2H3. The van der Waals surface area contributed by atoms with Gasteiger partial charge in [-0.3, -0.25) is 0 Å². The molecule has 3 heteroatoms. The van der Waals surface area contributed by atoms with Crippen molar-refractivity contribution in [2.45, 2.75) is 6.92 Å². The van der Waals surface area contributed by atoms with Crippen molar-refractivity contribution in [2.24, 2.45) is 0 Å². The van der Waals surface area contributed by atoms with Gasteiger partial charge in [0.15, 0.2) is 0 Å². The van der Waals surface area contributed by atoms with E-state index in [4.69, 9.17) is 5.73 Å². The Morgan fingerprint density at radius 3 is 2.64 bits per heavy atom. The minimum Gasteiger partial charge on any atom is -0.397 e. The molecule has 3 N–H and O–H groups in total. The van der Waals surface area contributed by atoms with Crippen LogP contribution in [0.1, 0.15) is 5.56 Å². The Bertz CT molecular complexity index is 271. The van der Waals surface area contributed by atoms with Crippen LogP contribution in [0.2, 0.25) is 0 Å². The third kappa shape index (κ3) is 1.48. The van der Waals surface area contributed by atoms with Crippen LogP contribution in [-0.4, -0.2) is 7.05 Å². The van der Waals surface area contributed by atoms with E-state index in [0.717, 1.165) is 21.4 Å². The fourth-order valence-corrected chi connectivity index (χ4v) is 1.27. The molecule has 1 aromatic rings. The molecule has 0 unspecified atom stereocenters. The van der Waals surface area contributed by atoms with Crippen molar-refractivity contribution in [1.82, 2.24) is 0 Å². The molecule has 0 spiro atoms. The van der Waals surface area contributed by atoms with Crippen molar-refractivity contribution in [3.63, 3.8) is 0 Å². The molecule has 60 valence electrons. The summed E-state index contributed by atoms with van der Waals surface area (Å²) in [4.78, 5) is 0. The van der Waals surface area contributed by atoms with Gasteiger partial charge in [0.2, 0.25) is 0 Å².